The molecular weight excluding hydrogens is 430 g/mol. The Kier molecular flexibility index (Phi) is 9.18. The number of nitrogens with one attached hydrogen (secondary N) is 4. The van der Waals surface area contributed by atoms with Gasteiger partial charge in [0.15, 0.2) is 11.7 Å². The van der Waals surface area contributed by atoms with Gasteiger partial charge < -0.3 is 32.3 Å². The maximum absolute atomic E-state index is 13.5. The zero-order valence-corrected chi connectivity index (χ0v) is 19.2. The van der Waals surface area contributed by atoms with Crippen molar-refractivity contribution in [2.45, 2.75) is 70.5 Å². The Morgan fingerprint density at radius 3 is 2.33 bits per heavy atom. The van der Waals surface area contributed by atoms with E-state index in [4.69, 9.17) is 16.9 Å². The largest absolute Gasteiger partial charge is 0.370 e. The third-order valence-electron chi connectivity index (χ3n) is 6.30. The van der Waals surface area contributed by atoms with Gasteiger partial charge in [0.25, 0.3) is 0 Å². The first-order valence-electron chi connectivity index (χ1n) is 11.4. The second-order valence-corrected chi connectivity index (χ2v) is 8.69. The topological polar surface area (TPSA) is 201 Å². The van der Waals surface area contributed by atoms with Gasteiger partial charge in [-0.3, -0.25) is 29.4 Å². The van der Waals surface area contributed by atoms with Gasteiger partial charge in [-0.25, -0.2) is 0 Å². The Balaban J connectivity index is 2.20. The molecule has 2 aliphatic rings. The van der Waals surface area contributed by atoms with Crippen LogP contribution in [-0.2, 0) is 24.0 Å². The molecule has 0 aromatic heterocycles. The first-order chi connectivity index (χ1) is 15.6. The first-order valence-corrected chi connectivity index (χ1v) is 11.4. The lowest BCUT2D eigenvalue weighted by atomic mass is 9.75. The van der Waals surface area contributed by atoms with Gasteiger partial charge in [0.1, 0.15) is 18.1 Å². The van der Waals surface area contributed by atoms with Crippen molar-refractivity contribution in [1.29, 1.82) is 5.41 Å². The molecule has 0 radical (unpaired) electrons. The van der Waals surface area contributed by atoms with E-state index >= 15 is 0 Å². The zero-order valence-electron chi connectivity index (χ0n) is 19.2. The molecule has 5 atom stereocenters. The number of nitrogens with zero attached hydrogens (tertiary/aromatic N) is 1. The SMILES string of the molecule is CCCC[C@H]1C(=O)N[C@@H](C(=O)C2C[C@H](C(N)=O)NC(=O)[C@@H]2CCCNC(=N)N)CN1C(C)=O. The number of rotatable bonds is 10. The molecule has 12 nitrogen and oxygen atoms in total. The molecule has 2 fully saturated rings. The van der Waals surface area contributed by atoms with E-state index in [1.54, 1.807) is 0 Å². The Morgan fingerprint density at radius 2 is 1.76 bits per heavy atom. The van der Waals surface area contributed by atoms with Crippen molar-refractivity contribution in [2.24, 2.45) is 23.3 Å². The van der Waals surface area contributed by atoms with E-state index in [9.17, 15) is 24.0 Å². The summed E-state index contributed by atoms with van der Waals surface area (Å²) < 4.78 is 0. The summed E-state index contributed by atoms with van der Waals surface area (Å²) in [5, 5.41) is 15.2. The predicted molar refractivity (Wildman–Crippen MR) is 120 cm³/mol. The molecule has 4 amide bonds. The molecule has 0 spiro atoms. The molecule has 8 N–H and O–H groups in total. The number of carbonyl (C=O) groups excluding carboxylic acids is 5. The van der Waals surface area contributed by atoms with Crippen molar-refractivity contribution in [3.8, 4) is 0 Å². The highest BCUT2D eigenvalue weighted by Crippen LogP contribution is 2.30. The average molecular weight is 466 g/mol. The number of guanidine groups is 1. The molecule has 12 heteroatoms. The minimum atomic E-state index is -0.987. The van der Waals surface area contributed by atoms with E-state index in [1.807, 2.05) is 6.92 Å². The number of primary amides is 1. The first kappa shape index (κ1) is 26.1. The summed E-state index contributed by atoms with van der Waals surface area (Å²) in [6, 6.07) is -2.59. The van der Waals surface area contributed by atoms with Crippen molar-refractivity contribution >= 4 is 35.4 Å². The van der Waals surface area contributed by atoms with Crippen LogP contribution in [0.3, 0.4) is 0 Å². The molecule has 2 rings (SSSR count). The minimum Gasteiger partial charge on any atom is -0.370 e. The van der Waals surface area contributed by atoms with Crippen LogP contribution < -0.4 is 27.4 Å². The molecule has 0 aromatic rings. The van der Waals surface area contributed by atoms with Gasteiger partial charge in [0, 0.05) is 31.8 Å². The molecule has 0 bridgehead atoms. The third-order valence-corrected chi connectivity index (χ3v) is 6.30. The second kappa shape index (κ2) is 11.6. The fraction of sp³-hybridized carbons (Fsp3) is 0.714. The summed E-state index contributed by atoms with van der Waals surface area (Å²) in [5.74, 6) is -4.06. The van der Waals surface area contributed by atoms with Crippen molar-refractivity contribution in [3.63, 3.8) is 0 Å². The van der Waals surface area contributed by atoms with Gasteiger partial charge in [-0.1, -0.05) is 19.8 Å². The Labute approximate surface area is 193 Å². The van der Waals surface area contributed by atoms with Crippen molar-refractivity contribution in [1.82, 2.24) is 20.9 Å². The van der Waals surface area contributed by atoms with Crippen LogP contribution in [0.4, 0.5) is 0 Å². The fourth-order valence-electron chi connectivity index (χ4n) is 4.55. The lowest BCUT2D eigenvalue weighted by Gasteiger charge is -2.41. The minimum absolute atomic E-state index is 0.0201. The fourth-order valence-corrected chi connectivity index (χ4v) is 4.55. The standard InChI is InChI=1S/C21H35N7O5/c1-3-4-7-16-20(33)27-15(10-28(16)11(2)29)17(30)13-9-14(18(22)31)26-19(32)12(13)6-5-8-25-21(23)24/h12-16H,3-10H2,1-2H3,(H2,22,31)(H,26,32)(H,27,33)(H4,23,24,25)/t12-,13?,14-,15-,16+/m1/s1. The highest BCUT2D eigenvalue weighted by molar-refractivity contribution is 5.99. The number of hydrogen-bond acceptors (Lipinski definition) is 6. The molecule has 33 heavy (non-hydrogen) atoms. The Hall–Kier alpha value is -3.18. The summed E-state index contributed by atoms with van der Waals surface area (Å²) in [4.78, 5) is 64.4. The van der Waals surface area contributed by atoms with Gasteiger partial charge in [-0.2, -0.15) is 0 Å². The van der Waals surface area contributed by atoms with Crippen LogP contribution >= 0.6 is 0 Å². The van der Waals surface area contributed by atoms with Crippen LogP contribution in [0, 0.1) is 17.2 Å². The van der Waals surface area contributed by atoms with Crippen molar-refractivity contribution in [3.05, 3.63) is 0 Å². The summed E-state index contributed by atoms with van der Waals surface area (Å²) in [6.45, 7) is 3.71. The van der Waals surface area contributed by atoms with E-state index < -0.39 is 53.5 Å². The number of unbranched alkanes of at least 4 members (excludes halogenated alkanes) is 1. The summed E-state index contributed by atoms with van der Waals surface area (Å²) in [5.41, 5.74) is 10.7. The van der Waals surface area contributed by atoms with E-state index in [0.29, 0.717) is 25.8 Å². The molecule has 184 valence electrons. The van der Waals surface area contributed by atoms with Crippen LogP contribution in [-0.4, -0.2) is 71.5 Å². The van der Waals surface area contributed by atoms with Crippen molar-refractivity contribution in [2.75, 3.05) is 13.1 Å². The molecule has 0 saturated carbocycles. The molecule has 2 heterocycles. The molecule has 1 unspecified atom stereocenters. The number of nitrogens with two attached hydrogens (primary N) is 2. The summed E-state index contributed by atoms with van der Waals surface area (Å²) >= 11 is 0. The quantitative estimate of drug-likeness (QED) is 0.126. The lowest BCUT2D eigenvalue weighted by Crippen LogP contribution is -2.65. The Bertz CT molecular complexity index is 802. The summed E-state index contributed by atoms with van der Waals surface area (Å²) in [7, 11) is 0. The van der Waals surface area contributed by atoms with Gasteiger partial charge in [-0.15, -0.1) is 0 Å². The lowest BCUT2D eigenvalue weighted by molar-refractivity contribution is -0.149. The van der Waals surface area contributed by atoms with Crippen LogP contribution in [0.2, 0.25) is 0 Å². The maximum Gasteiger partial charge on any atom is 0.243 e. The second-order valence-electron chi connectivity index (χ2n) is 8.69. The maximum atomic E-state index is 13.5. The van der Waals surface area contributed by atoms with Crippen LogP contribution in [0.5, 0.6) is 0 Å². The molecule has 0 aliphatic carbocycles. The number of hydrogen-bond donors (Lipinski definition) is 6. The average Bonchev–Trinajstić information content (AvgIpc) is 2.74. The smallest absolute Gasteiger partial charge is 0.243 e. The molecule has 0 aromatic carbocycles. The highest BCUT2D eigenvalue weighted by Gasteiger charge is 2.46. The number of Topliss-reactive ketones (excluding diaryl/α,β-unsaturated/α-hetero) is 1. The van der Waals surface area contributed by atoms with Crippen LogP contribution in [0.25, 0.3) is 0 Å². The molecule has 2 saturated heterocycles. The van der Waals surface area contributed by atoms with Gasteiger partial charge in [0.05, 0.1) is 0 Å². The number of ketones is 1. The molecular formula is C21H35N7O5. The van der Waals surface area contributed by atoms with Crippen molar-refractivity contribution < 1.29 is 24.0 Å². The third kappa shape index (κ3) is 6.65. The highest BCUT2D eigenvalue weighted by atomic mass is 16.2. The van der Waals surface area contributed by atoms with E-state index in [-0.39, 0.29) is 24.8 Å². The number of piperazine rings is 1. The van der Waals surface area contributed by atoms with Crippen LogP contribution in [0.15, 0.2) is 0 Å². The normalized spacial score (nSPS) is 27.3. The monoisotopic (exact) mass is 465 g/mol. The number of carbonyl (C=O) groups is 5. The summed E-state index contributed by atoms with van der Waals surface area (Å²) in [6.07, 6.45) is 2.92. The molecule has 2 aliphatic heterocycles. The van der Waals surface area contributed by atoms with Crippen LogP contribution in [0.1, 0.15) is 52.4 Å². The van der Waals surface area contributed by atoms with E-state index in [1.165, 1.54) is 11.8 Å². The van der Waals surface area contributed by atoms with E-state index in [2.05, 4.69) is 16.0 Å². The van der Waals surface area contributed by atoms with E-state index in [0.717, 1.165) is 12.8 Å². The van der Waals surface area contributed by atoms with Gasteiger partial charge >= 0.3 is 0 Å². The van der Waals surface area contributed by atoms with Gasteiger partial charge in [0.2, 0.25) is 23.6 Å². The van der Waals surface area contributed by atoms with Gasteiger partial charge in [-0.05, 0) is 25.7 Å². The zero-order chi connectivity index (χ0) is 24.7. The number of piperidine rings is 1. The predicted octanol–water partition coefficient (Wildman–Crippen LogP) is -1.67. The number of amides is 4. The Morgan fingerprint density at radius 1 is 1.09 bits per heavy atom.